The van der Waals surface area contributed by atoms with Crippen LogP contribution in [0.2, 0.25) is 0 Å². The quantitative estimate of drug-likeness (QED) is 0.766. The minimum absolute atomic E-state index is 0.0183. The minimum atomic E-state index is -0.0183. The second-order valence-corrected chi connectivity index (χ2v) is 6.45. The van der Waals surface area contributed by atoms with Gasteiger partial charge in [-0.15, -0.1) is 11.3 Å². The molecule has 0 unspecified atom stereocenters. The van der Waals surface area contributed by atoms with Crippen LogP contribution in [0.15, 0.2) is 28.7 Å². The number of hydrogen-bond donors (Lipinski definition) is 0. The Bertz CT molecular complexity index is 555. The summed E-state index contributed by atoms with van der Waals surface area (Å²) in [6, 6.07) is 7.55. The maximum absolute atomic E-state index is 12.2. The van der Waals surface area contributed by atoms with E-state index in [0.29, 0.717) is 5.76 Å². The predicted octanol–water partition coefficient (Wildman–Crippen LogP) is 4.43. The van der Waals surface area contributed by atoms with Gasteiger partial charge in [-0.3, -0.25) is 4.79 Å². The Hall–Kier alpha value is -1.35. The van der Waals surface area contributed by atoms with Crippen molar-refractivity contribution in [3.63, 3.8) is 0 Å². The Kier molecular flexibility index (Phi) is 3.44. The zero-order chi connectivity index (χ0) is 13.3. The molecule has 2 heterocycles. The fourth-order valence-corrected chi connectivity index (χ4v) is 2.68. The highest BCUT2D eigenvalue weighted by Gasteiger charge is 2.20. The topological polar surface area (TPSA) is 30.2 Å². The van der Waals surface area contributed by atoms with Gasteiger partial charge in [-0.2, -0.15) is 0 Å². The van der Waals surface area contributed by atoms with E-state index in [0.717, 1.165) is 17.1 Å². The van der Waals surface area contributed by atoms with Crippen molar-refractivity contribution in [2.45, 2.75) is 39.5 Å². The maximum atomic E-state index is 12.2. The molecule has 0 aliphatic carbocycles. The van der Waals surface area contributed by atoms with Crippen LogP contribution in [-0.2, 0) is 11.8 Å². The normalized spacial score (nSPS) is 11.8. The minimum Gasteiger partial charge on any atom is -0.458 e. The molecule has 0 aliphatic heterocycles. The Morgan fingerprint density at radius 1 is 1.22 bits per heavy atom. The second kappa shape index (κ2) is 4.73. The third-order valence-corrected chi connectivity index (χ3v) is 4.31. The summed E-state index contributed by atoms with van der Waals surface area (Å²) in [7, 11) is 0. The smallest absolute Gasteiger partial charge is 0.238 e. The summed E-state index contributed by atoms with van der Waals surface area (Å²) in [6.45, 7) is 8.45. The molecule has 3 heteroatoms. The molecule has 0 bridgehead atoms. The van der Waals surface area contributed by atoms with Gasteiger partial charge in [-0.1, -0.05) is 27.7 Å². The van der Waals surface area contributed by atoms with Crippen LogP contribution in [0.25, 0.3) is 0 Å². The summed E-state index contributed by atoms with van der Waals surface area (Å²) in [5, 5.41) is 0. The van der Waals surface area contributed by atoms with Gasteiger partial charge >= 0.3 is 0 Å². The summed E-state index contributed by atoms with van der Waals surface area (Å²) in [4.78, 5) is 14.2. The molecule has 2 aromatic rings. The Morgan fingerprint density at radius 3 is 2.44 bits per heavy atom. The Morgan fingerprint density at radius 2 is 1.94 bits per heavy atom. The molecule has 0 saturated carbocycles. The van der Waals surface area contributed by atoms with Gasteiger partial charge < -0.3 is 4.42 Å². The van der Waals surface area contributed by atoms with Gasteiger partial charge in [-0.25, -0.2) is 0 Å². The average Bonchev–Trinajstić information content (AvgIpc) is 2.96. The van der Waals surface area contributed by atoms with Crippen molar-refractivity contribution < 1.29 is 9.21 Å². The van der Waals surface area contributed by atoms with Crippen LogP contribution < -0.4 is 0 Å². The molecule has 0 atom stereocenters. The Balaban J connectivity index is 2.26. The lowest BCUT2D eigenvalue weighted by Crippen LogP contribution is -2.07. The number of thiophene rings is 1. The summed E-state index contributed by atoms with van der Waals surface area (Å²) in [5.41, 5.74) is 0.0843. The first-order valence-corrected chi connectivity index (χ1v) is 6.97. The van der Waals surface area contributed by atoms with Crippen LogP contribution >= 0.6 is 11.3 Å². The first kappa shape index (κ1) is 13.1. The first-order chi connectivity index (χ1) is 8.41. The molecule has 0 fully saturated rings. The number of hydrogen-bond acceptors (Lipinski definition) is 3. The highest BCUT2D eigenvalue weighted by molar-refractivity contribution is 7.14. The van der Waals surface area contributed by atoms with Crippen molar-refractivity contribution >= 4 is 17.1 Å². The van der Waals surface area contributed by atoms with E-state index in [1.807, 2.05) is 25.1 Å². The number of aryl methyl sites for hydroxylation is 1. The third-order valence-electron chi connectivity index (χ3n) is 2.80. The highest BCUT2D eigenvalue weighted by atomic mass is 32.1. The lowest BCUT2D eigenvalue weighted by atomic mass is 9.95. The lowest BCUT2D eigenvalue weighted by molar-refractivity contribution is 0.101. The third kappa shape index (κ3) is 2.56. The summed E-state index contributed by atoms with van der Waals surface area (Å²) < 4.78 is 5.50. The zero-order valence-corrected chi connectivity index (χ0v) is 12.1. The molecule has 0 amide bonds. The number of carbonyl (C=O) groups excluding carboxylic acids is 1. The van der Waals surface area contributed by atoms with Gasteiger partial charge in [0.2, 0.25) is 5.78 Å². The first-order valence-electron chi connectivity index (χ1n) is 6.15. The standard InChI is InChI=1S/C15H18O2S/c1-5-10-6-7-11(17-10)14(16)12-8-9-13(18-12)15(2,3)4/h6-9H,5H2,1-4H3. The fourth-order valence-electron chi connectivity index (χ4n) is 1.67. The Labute approximate surface area is 112 Å². The van der Waals surface area contributed by atoms with E-state index in [1.165, 1.54) is 4.88 Å². The average molecular weight is 262 g/mol. The molecule has 0 spiro atoms. The van der Waals surface area contributed by atoms with E-state index in [9.17, 15) is 4.79 Å². The van der Waals surface area contributed by atoms with Gasteiger partial charge in [-0.05, 0) is 29.7 Å². The number of rotatable bonds is 3. The number of carbonyl (C=O) groups is 1. The van der Waals surface area contributed by atoms with Crippen LogP contribution in [0.3, 0.4) is 0 Å². The predicted molar refractivity (Wildman–Crippen MR) is 74.5 cm³/mol. The van der Waals surface area contributed by atoms with Crippen molar-refractivity contribution in [3.8, 4) is 0 Å². The van der Waals surface area contributed by atoms with Gasteiger partial charge in [0.15, 0.2) is 5.76 Å². The summed E-state index contributed by atoms with van der Waals surface area (Å²) >= 11 is 1.55. The number of ketones is 1. The summed E-state index contributed by atoms with van der Waals surface area (Å²) in [6.07, 6.45) is 0.810. The van der Waals surface area contributed by atoms with Crippen LogP contribution in [0.4, 0.5) is 0 Å². The van der Waals surface area contributed by atoms with Crippen molar-refractivity contribution in [2.24, 2.45) is 0 Å². The van der Waals surface area contributed by atoms with E-state index in [1.54, 1.807) is 17.4 Å². The van der Waals surface area contributed by atoms with Gasteiger partial charge in [0, 0.05) is 11.3 Å². The monoisotopic (exact) mass is 262 g/mol. The maximum Gasteiger partial charge on any atom is 0.238 e. The van der Waals surface area contributed by atoms with E-state index in [-0.39, 0.29) is 11.2 Å². The molecule has 0 N–H and O–H groups in total. The second-order valence-electron chi connectivity index (χ2n) is 5.36. The molecular weight excluding hydrogens is 244 g/mol. The van der Waals surface area contributed by atoms with Crippen LogP contribution in [0, 0.1) is 0 Å². The van der Waals surface area contributed by atoms with Crippen molar-refractivity contribution in [1.29, 1.82) is 0 Å². The van der Waals surface area contributed by atoms with Crippen molar-refractivity contribution in [3.05, 3.63) is 45.5 Å². The fraction of sp³-hybridized carbons (Fsp3) is 0.400. The van der Waals surface area contributed by atoms with E-state index in [2.05, 4.69) is 20.8 Å². The molecule has 0 radical (unpaired) electrons. The molecule has 0 saturated heterocycles. The van der Waals surface area contributed by atoms with Crippen molar-refractivity contribution in [1.82, 2.24) is 0 Å². The highest BCUT2D eigenvalue weighted by Crippen LogP contribution is 2.30. The largest absolute Gasteiger partial charge is 0.458 e. The van der Waals surface area contributed by atoms with Crippen LogP contribution in [0.1, 0.15) is 53.8 Å². The zero-order valence-electron chi connectivity index (χ0n) is 11.2. The molecular formula is C15H18O2S. The molecule has 2 rings (SSSR count). The van der Waals surface area contributed by atoms with Gasteiger partial charge in [0.25, 0.3) is 0 Å². The van der Waals surface area contributed by atoms with Gasteiger partial charge in [0.1, 0.15) is 5.76 Å². The van der Waals surface area contributed by atoms with E-state index in [4.69, 9.17) is 4.42 Å². The van der Waals surface area contributed by atoms with E-state index < -0.39 is 0 Å². The van der Waals surface area contributed by atoms with E-state index >= 15 is 0 Å². The molecule has 18 heavy (non-hydrogen) atoms. The lowest BCUT2D eigenvalue weighted by Gasteiger charge is -2.15. The molecule has 0 aromatic carbocycles. The van der Waals surface area contributed by atoms with Crippen LogP contribution in [-0.4, -0.2) is 5.78 Å². The van der Waals surface area contributed by atoms with Crippen molar-refractivity contribution in [2.75, 3.05) is 0 Å². The SMILES string of the molecule is CCc1ccc(C(=O)c2ccc(C(C)(C)C)s2)o1. The van der Waals surface area contributed by atoms with Crippen LogP contribution in [0.5, 0.6) is 0 Å². The number of furan rings is 1. The summed E-state index contributed by atoms with van der Waals surface area (Å²) in [5.74, 6) is 1.27. The molecule has 2 aromatic heterocycles. The van der Waals surface area contributed by atoms with Gasteiger partial charge in [0.05, 0.1) is 4.88 Å². The molecule has 96 valence electrons. The molecule has 0 aliphatic rings. The molecule has 2 nitrogen and oxygen atoms in total.